The van der Waals surface area contributed by atoms with Crippen LogP contribution in [0.3, 0.4) is 0 Å². The highest BCUT2D eigenvalue weighted by atomic mass is 16.5. The Morgan fingerprint density at radius 3 is 2.86 bits per heavy atom. The Hall–Kier alpha value is -1.10. The summed E-state index contributed by atoms with van der Waals surface area (Å²) in [5.74, 6) is 0.886. The first-order valence-corrected chi connectivity index (χ1v) is 7.96. The van der Waals surface area contributed by atoms with E-state index < -0.39 is 0 Å². The van der Waals surface area contributed by atoms with Crippen molar-refractivity contribution in [3.63, 3.8) is 0 Å². The van der Waals surface area contributed by atoms with Crippen molar-refractivity contribution in [2.45, 2.75) is 45.4 Å². The van der Waals surface area contributed by atoms with Gasteiger partial charge in [0.25, 0.3) is 0 Å². The first kappa shape index (κ1) is 16.3. The smallest absolute Gasteiger partial charge is 0.124 e. The molecule has 0 aliphatic carbocycles. The molecular formula is C17H28N2O2. The third-order valence-electron chi connectivity index (χ3n) is 4.00. The van der Waals surface area contributed by atoms with Crippen molar-refractivity contribution in [2.75, 3.05) is 26.3 Å². The van der Waals surface area contributed by atoms with Gasteiger partial charge in [0.15, 0.2) is 0 Å². The molecule has 0 saturated carbocycles. The quantitative estimate of drug-likeness (QED) is 0.875. The van der Waals surface area contributed by atoms with Gasteiger partial charge in [-0.3, -0.25) is 4.90 Å². The maximum Gasteiger partial charge on any atom is 0.124 e. The Kier molecular flexibility index (Phi) is 6.03. The van der Waals surface area contributed by atoms with E-state index in [1.54, 1.807) is 0 Å². The Morgan fingerprint density at radius 2 is 2.14 bits per heavy atom. The van der Waals surface area contributed by atoms with Crippen molar-refractivity contribution in [2.24, 2.45) is 5.73 Å². The van der Waals surface area contributed by atoms with Crippen LogP contribution in [0.25, 0.3) is 0 Å². The van der Waals surface area contributed by atoms with E-state index in [0.717, 1.165) is 37.4 Å². The second kappa shape index (κ2) is 7.78. The maximum atomic E-state index is 6.47. The van der Waals surface area contributed by atoms with Crippen molar-refractivity contribution in [3.8, 4) is 5.75 Å². The summed E-state index contributed by atoms with van der Waals surface area (Å²) in [5.41, 5.74) is 7.52. The van der Waals surface area contributed by atoms with Crippen LogP contribution in [0.1, 0.15) is 38.8 Å². The van der Waals surface area contributed by atoms with Crippen LogP contribution in [0.4, 0.5) is 0 Å². The molecular weight excluding hydrogens is 264 g/mol. The molecule has 0 amide bonds. The molecule has 0 bridgehead atoms. The summed E-state index contributed by atoms with van der Waals surface area (Å²) in [5, 5.41) is 0. The molecule has 21 heavy (non-hydrogen) atoms. The van der Waals surface area contributed by atoms with E-state index in [9.17, 15) is 0 Å². The Labute approximate surface area is 128 Å². The fourth-order valence-corrected chi connectivity index (χ4v) is 2.68. The fraction of sp³-hybridized carbons (Fsp3) is 0.647. The monoisotopic (exact) mass is 292 g/mol. The largest absolute Gasteiger partial charge is 0.493 e. The van der Waals surface area contributed by atoms with Gasteiger partial charge < -0.3 is 15.2 Å². The molecule has 1 aliphatic rings. The van der Waals surface area contributed by atoms with E-state index in [2.05, 4.69) is 25.7 Å². The van der Waals surface area contributed by atoms with Gasteiger partial charge in [-0.05, 0) is 26.3 Å². The van der Waals surface area contributed by atoms with E-state index in [4.69, 9.17) is 15.2 Å². The third-order valence-corrected chi connectivity index (χ3v) is 4.00. The van der Waals surface area contributed by atoms with Gasteiger partial charge in [-0.15, -0.1) is 0 Å². The van der Waals surface area contributed by atoms with Crippen molar-refractivity contribution < 1.29 is 9.47 Å². The highest BCUT2D eigenvalue weighted by Crippen LogP contribution is 2.28. The van der Waals surface area contributed by atoms with Crippen molar-refractivity contribution in [1.82, 2.24) is 4.90 Å². The van der Waals surface area contributed by atoms with Crippen LogP contribution >= 0.6 is 0 Å². The standard InChI is InChI=1S/C17H28N2O2/c1-4-10-20-15-8-6-5-7-14(15)17(18)16-12-19(13(2)3)9-11-21-16/h5-8,13,16-17H,4,9-12,18H2,1-3H3. The van der Waals surface area contributed by atoms with Gasteiger partial charge in [-0.2, -0.15) is 0 Å². The maximum absolute atomic E-state index is 6.47. The third kappa shape index (κ3) is 4.19. The number of para-hydroxylation sites is 1. The van der Waals surface area contributed by atoms with Crippen molar-refractivity contribution in [3.05, 3.63) is 29.8 Å². The number of rotatable bonds is 6. The summed E-state index contributed by atoms with van der Waals surface area (Å²) in [6.07, 6.45) is 1.01. The summed E-state index contributed by atoms with van der Waals surface area (Å²) in [7, 11) is 0. The number of hydrogen-bond donors (Lipinski definition) is 1. The molecule has 1 heterocycles. The molecule has 1 saturated heterocycles. The van der Waals surface area contributed by atoms with Crippen LogP contribution in [-0.2, 0) is 4.74 Å². The van der Waals surface area contributed by atoms with Gasteiger partial charge >= 0.3 is 0 Å². The van der Waals surface area contributed by atoms with Crippen molar-refractivity contribution >= 4 is 0 Å². The topological polar surface area (TPSA) is 47.7 Å². The lowest BCUT2D eigenvalue weighted by atomic mass is 9.99. The van der Waals surface area contributed by atoms with E-state index in [-0.39, 0.29) is 12.1 Å². The molecule has 0 aromatic heterocycles. The van der Waals surface area contributed by atoms with E-state index in [1.807, 2.05) is 24.3 Å². The molecule has 2 N–H and O–H groups in total. The highest BCUT2D eigenvalue weighted by molar-refractivity contribution is 5.36. The SMILES string of the molecule is CCCOc1ccccc1C(N)C1CN(C(C)C)CCO1. The molecule has 1 aliphatic heterocycles. The van der Waals surface area contributed by atoms with Gasteiger partial charge in [-0.25, -0.2) is 0 Å². The van der Waals surface area contributed by atoms with Gasteiger partial charge in [0.2, 0.25) is 0 Å². The van der Waals surface area contributed by atoms with Crippen LogP contribution in [0.5, 0.6) is 5.75 Å². The molecule has 118 valence electrons. The van der Waals surface area contributed by atoms with Crippen LogP contribution in [-0.4, -0.2) is 43.3 Å². The van der Waals surface area contributed by atoms with Gasteiger partial charge in [-0.1, -0.05) is 25.1 Å². The lowest BCUT2D eigenvalue weighted by Gasteiger charge is -2.38. The van der Waals surface area contributed by atoms with Crippen LogP contribution in [0, 0.1) is 0 Å². The number of benzene rings is 1. The highest BCUT2D eigenvalue weighted by Gasteiger charge is 2.29. The average Bonchev–Trinajstić information content (AvgIpc) is 2.52. The van der Waals surface area contributed by atoms with Gasteiger partial charge in [0, 0.05) is 24.7 Å². The first-order valence-electron chi connectivity index (χ1n) is 7.96. The Balaban J connectivity index is 2.10. The molecule has 1 fully saturated rings. The molecule has 0 spiro atoms. The number of hydrogen-bond acceptors (Lipinski definition) is 4. The van der Waals surface area contributed by atoms with Crippen molar-refractivity contribution in [1.29, 1.82) is 0 Å². The summed E-state index contributed by atoms with van der Waals surface area (Å²) in [6, 6.07) is 8.41. The van der Waals surface area contributed by atoms with Crippen LogP contribution in [0.15, 0.2) is 24.3 Å². The molecule has 4 nitrogen and oxygen atoms in total. The number of morpholine rings is 1. The number of ether oxygens (including phenoxy) is 2. The van der Waals surface area contributed by atoms with Gasteiger partial charge in [0.05, 0.1) is 25.4 Å². The van der Waals surface area contributed by atoms with E-state index >= 15 is 0 Å². The second-order valence-electron chi connectivity index (χ2n) is 5.91. The molecule has 1 aromatic carbocycles. The number of nitrogens with two attached hydrogens (primary N) is 1. The summed E-state index contributed by atoms with van der Waals surface area (Å²) in [6.45, 7) is 9.85. The Bertz CT molecular complexity index is 437. The molecule has 2 unspecified atom stereocenters. The first-order chi connectivity index (χ1) is 10.1. The summed E-state index contributed by atoms with van der Waals surface area (Å²) < 4.78 is 11.7. The lowest BCUT2D eigenvalue weighted by Crippen LogP contribution is -2.49. The summed E-state index contributed by atoms with van der Waals surface area (Å²) in [4.78, 5) is 2.42. The van der Waals surface area contributed by atoms with E-state index in [1.165, 1.54) is 0 Å². The normalized spacial score (nSPS) is 21.5. The molecule has 1 aromatic rings. The summed E-state index contributed by atoms with van der Waals surface area (Å²) >= 11 is 0. The molecule has 2 rings (SSSR count). The average molecular weight is 292 g/mol. The Morgan fingerprint density at radius 1 is 1.38 bits per heavy atom. The number of nitrogens with zero attached hydrogens (tertiary/aromatic N) is 1. The fourth-order valence-electron chi connectivity index (χ4n) is 2.68. The minimum Gasteiger partial charge on any atom is -0.493 e. The molecule has 4 heteroatoms. The molecule has 0 radical (unpaired) electrons. The zero-order chi connectivity index (χ0) is 15.2. The second-order valence-corrected chi connectivity index (χ2v) is 5.91. The minimum atomic E-state index is -0.153. The van der Waals surface area contributed by atoms with Crippen LogP contribution in [0.2, 0.25) is 0 Å². The zero-order valence-corrected chi connectivity index (χ0v) is 13.4. The minimum absolute atomic E-state index is 0.0209. The lowest BCUT2D eigenvalue weighted by molar-refractivity contribution is -0.0505. The van der Waals surface area contributed by atoms with Gasteiger partial charge in [0.1, 0.15) is 5.75 Å². The predicted molar refractivity (Wildman–Crippen MR) is 85.6 cm³/mol. The van der Waals surface area contributed by atoms with Crippen LogP contribution < -0.4 is 10.5 Å². The predicted octanol–water partition coefficient (Wildman–Crippen LogP) is 2.58. The molecule has 2 atom stereocenters. The zero-order valence-electron chi connectivity index (χ0n) is 13.4. The van der Waals surface area contributed by atoms with E-state index in [0.29, 0.717) is 12.6 Å².